The molecule has 1 amide bonds. The van der Waals surface area contributed by atoms with Gasteiger partial charge < -0.3 is 10.1 Å². The molecule has 1 aliphatic carbocycles. The van der Waals surface area contributed by atoms with Crippen molar-refractivity contribution >= 4 is 17.4 Å². The minimum absolute atomic E-state index is 0.0245. The van der Waals surface area contributed by atoms with Crippen LogP contribution in [-0.4, -0.2) is 36.3 Å². The van der Waals surface area contributed by atoms with Crippen molar-refractivity contribution in [1.29, 1.82) is 5.26 Å². The van der Waals surface area contributed by atoms with E-state index in [1.54, 1.807) is 36.5 Å². The average molecular weight is 473 g/mol. The third-order valence-corrected chi connectivity index (χ3v) is 6.48. The maximum Gasteiger partial charge on any atom is 0.276 e. The fourth-order valence-electron chi connectivity index (χ4n) is 4.37. The van der Waals surface area contributed by atoms with Crippen molar-refractivity contribution in [2.75, 3.05) is 23.3 Å². The first-order chi connectivity index (χ1) is 17.0. The highest BCUT2D eigenvalue weighted by atomic mass is 19.1. The van der Waals surface area contributed by atoms with Crippen LogP contribution in [0.2, 0.25) is 0 Å². The second-order valence-electron chi connectivity index (χ2n) is 9.09. The molecule has 8 heteroatoms. The Kier molecular flexibility index (Phi) is 6.32. The van der Waals surface area contributed by atoms with Crippen LogP contribution in [0, 0.1) is 17.2 Å². The van der Waals surface area contributed by atoms with Crippen molar-refractivity contribution in [2.45, 2.75) is 31.5 Å². The van der Waals surface area contributed by atoms with Crippen molar-refractivity contribution in [3.05, 3.63) is 66.5 Å². The summed E-state index contributed by atoms with van der Waals surface area (Å²) in [4.78, 5) is 18.5. The second kappa shape index (κ2) is 9.71. The Morgan fingerprint density at radius 3 is 2.83 bits per heavy atom. The Morgan fingerprint density at radius 2 is 2.09 bits per heavy atom. The van der Waals surface area contributed by atoms with Crippen molar-refractivity contribution < 1.29 is 18.5 Å². The summed E-state index contributed by atoms with van der Waals surface area (Å²) < 4.78 is 23.1. The monoisotopic (exact) mass is 472 g/mol. The minimum atomic E-state index is -1.19. The van der Waals surface area contributed by atoms with Crippen LogP contribution in [0.15, 0.2) is 60.9 Å². The van der Waals surface area contributed by atoms with Crippen LogP contribution in [0.4, 0.5) is 15.9 Å². The van der Waals surface area contributed by atoms with E-state index >= 15 is 4.39 Å². The zero-order chi connectivity index (χ0) is 24.4. The molecular weight excluding hydrogens is 445 g/mol. The highest BCUT2D eigenvalue weighted by Gasteiger charge is 2.36. The number of pyridine rings is 2. The van der Waals surface area contributed by atoms with Crippen molar-refractivity contribution in [1.82, 2.24) is 4.98 Å². The van der Waals surface area contributed by atoms with E-state index < -0.39 is 12.3 Å². The standard InChI is InChI=1S/C27H26FN5O2/c1-32-12-3-2-4-26(32)33-13-10-25(22(28)17-33)35-24-8-7-19(14-20(24)16-29)23-15-21(9-11-30-23)31-27(34)18-5-6-18/h2-4,7-9,11-12,14-15,18,22,25H,5-6,10,13,17H2,1H3/p+1/t22-,25+/m1/s1. The largest absolute Gasteiger partial charge is 0.486 e. The third kappa shape index (κ3) is 5.09. The predicted octanol–water partition coefficient (Wildman–Crippen LogP) is 3.79. The highest BCUT2D eigenvalue weighted by Crippen LogP contribution is 2.32. The number of nitrogens with one attached hydrogen (secondary N) is 1. The summed E-state index contributed by atoms with van der Waals surface area (Å²) in [5.41, 5.74) is 2.35. The number of aryl methyl sites for hydroxylation is 1. The van der Waals surface area contributed by atoms with E-state index in [0.717, 1.165) is 24.2 Å². The number of rotatable bonds is 6. The van der Waals surface area contributed by atoms with Crippen LogP contribution in [-0.2, 0) is 11.8 Å². The summed E-state index contributed by atoms with van der Waals surface area (Å²) >= 11 is 0. The number of alkyl halides is 1. The molecule has 7 nitrogen and oxygen atoms in total. The number of carbonyl (C=O) groups excluding carboxylic acids is 1. The van der Waals surface area contributed by atoms with E-state index in [-0.39, 0.29) is 18.4 Å². The van der Waals surface area contributed by atoms with Gasteiger partial charge in [0.25, 0.3) is 5.82 Å². The first kappa shape index (κ1) is 22.8. The van der Waals surface area contributed by atoms with Crippen LogP contribution in [0.25, 0.3) is 11.3 Å². The van der Waals surface area contributed by atoms with E-state index in [2.05, 4.69) is 16.4 Å². The number of nitrogens with zero attached hydrogens (tertiary/aromatic N) is 4. The molecule has 1 aliphatic heterocycles. The van der Waals surface area contributed by atoms with Gasteiger partial charge in [-0.05, 0) is 49.2 Å². The van der Waals surface area contributed by atoms with Gasteiger partial charge in [0.05, 0.1) is 31.0 Å². The molecule has 2 atom stereocenters. The van der Waals surface area contributed by atoms with Gasteiger partial charge in [0, 0.05) is 35.9 Å². The summed E-state index contributed by atoms with van der Waals surface area (Å²) in [5.74, 6) is 1.45. The molecule has 2 aromatic heterocycles. The second-order valence-corrected chi connectivity index (χ2v) is 9.09. The molecule has 2 fully saturated rings. The summed E-state index contributed by atoms with van der Waals surface area (Å²) in [7, 11) is 1.94. The molecule has 1 aromatic carbocycles. The van der Waals surface area contributed by atoms with Gasteiger partial charge in [-0.1, -0.05) is 6.07 Å². The fourth-order valence-corrected chi connectivity index (χ4v) is 4.37. The molecule has 0 radical (unpaired) electrons. The van der Waals surface area contributed by atoms with Crippen molar-refractivity contribution in [3.63, 3.8) is 0 Å². The Hall–Kier alpha value is -3.99. The molecule has 35 heavy (non-hydrogen) atoms. The maximum atomic E-state index is 15.1. The molecule has 2 aliphatic rings. The number of nitriles is 1. The molecule has 1 saturated carbocycles. The lowest BCUT2D eigenvalue weighted by Gasteiger charge is -2.31. The van der Waals surface area contributed by atoms with Gasteiger partial charge in [-0.2, -0.15) is 5.26 Å². The summed E-state index contributed by atoms with van der Waals surface area (Å²) in [5, 5.41) is 12.7. The minimum Gasteiger partial charge on any atom is -0.486 e. The molecule has 3 heterocycles. The topological polar surface area (TPSA) is 82.1 Å². The molecule has 0 unspecified atom stereocenters. The van der Waals surface area contributed by atoms with E-state index in [9.17, 15) is 10.1 Å². The Bertz CT molecular complexity index is 1290. The quantitative estimate of drug-likeness (QED) is 0.552. The number of amides is 1. The van der Waals surface area contributed by atoms with Gasteiger partial charge in [-0.15, -0.1) is 0 Å². The van der Waals surface area contributed by atoms with Crippen LogP contribution < -0.4 is 19.5 Å². The molecule has 178 valence electrons. The molecule has 1 N–H and O–H groups in total. The number of carbonyl (C=O) groups is 1. The summed E-state index contributed by atoms with van der Waals surface area (Å²) in [6.07, 6.45) is 4.12. The Morgan fingerprint density at radius 1 is 1.23 bits per heavy atom. The molecule has 1 saturated heterocycles. The Labute approximate surface area is 203 Å². The first-order valence-electron chi connectivity index (χ1n) is 11.8. The predicted molar refractivity (Wildman–Crippen MR) is 130 cm³/mol. The van der Waals surface area contributed by atoms with Gasteiger partial charge in [0.2, 0.25) is 5.91 Å². The molecule has 0 bridgehead atoms. The molecule has 5 rings (SSSR count). The average Bonchev–Trinajstić information content (AvgIpc) is 3.72. The Balaban J connectivity index is 1.28. The zero-order valence-electron chi connectivity index (χ0n) is 19.5. The highest BCUT2D eigenvalue weighted by molar-refractivity contribution is 5.94. The normalized spacial score (nSPS) is 19.6. The van der Waals surface area contributed by atoms with Crippen LogP contribution in [0.3, 0.4) is 0 Å². The first-order valence-corrected chi connectivity index (χ1v) is 11.8. The number of hydrogen-bond donors (Lipinski definition) is 1. The van der Waals surface area contributed by atoms with E-state index in [0.29, 0.717) is 35.7 Å². The summed E-state index contributed by atoms with van der Waals surface area (Å²) in [6, 6.07) is 16.7. The lowest BCUT2D eigenvalue weighted by molar-refractivity contribution is -0.659. The number of ether oxygens (including phenoxy) is 1. The van der Waals surface area contributed by atoms with Crippen LogP contribution in [0.5, 0.6) is 5.75 Å². The van der Waals surface area contributed by atoms with E-state index in [1.165, 1.54) is 0 Å². The van der Waals surface area contributed by atoms with Gasteiger partial charge >= 0.3 is 0 Å². The number of hydrogen-bond acceptors (Lipinski definition) is 5. The van der Waals surface area contributed by atoms with Crippen molar-refractivity contribution in [3.8, 4) is 23.1 Å². The van der Waals surface area contributed by atoms with E-state index in [1.807, 2.05) is 40.9 Å². The molecular formula is C27H27FN5O2+. The number of piperidine rings is 1. The molecule has 0 spiro atoms. The third-order valence-electron chi connectivity index (χ3n) is 6.48. The van der Waals surface area contributed by atoms with Gasteiger partial charge in [-0.25, -0.2) is 8.96 Å². The van der Waals surface area contributed by atoms with Crippen molar-refractivity contribution in [2.24, 2.45) is 13.0 Å². The number of benzene rings is 1. The van der Waals surface area contributed by atoms with Crippen LogP contribution in [0.1, 0.15) is 24.8 Å². The molecule has 3 aromatic rings. The zero-order valence-corrected chi connectivity index (χ0v) is 19.5. The SMILES string of the molecule is C[n+]1ccccc1N1CC[C@H](Oc2ccc(-c3cc(NC(=O)C4CC4)ccn3)cc2C#N)[C@H](F)C1. The van der Waals surface area contributed by atoms with Crippen LogP contribution >= 0.6 is 0 Å². The number of halogens is 1. The smallest absolute Gasteiger partial charge is 0.276 e. The number of anilines is 2. The number of aromatic nitrogens is 2. The van der Waals surface area contributed by atoms with E-state index in [4.69, 9.17) is 4.74 Å². The maximum absolute atomic E-state index is 15.1. The summed E-state index contributed by atoms with van der Waals surface area (Å²) in [6.45, 7) is 0.887. The fraction of sp³-hybridized carbons (Fsp3) is 0.333. The lowest BCUT2D eigenvalue weighted by atomic mass is 10.0. The van der Waals surface area contributed by atoms with Gasteiger partial charge in [0.15, 0.2) is 6.17 Å². The van der Waals surface area contributed by atoms with Gasteiger partial charge in [0.1, 0.15) is 24.5 Å². The van der Waals surface area contributed by atoms with Gasteiger partial charge in [-0.3, -0.25) is 14.7 Å². The lowest BCUT2D eigenvalue weighted by Crippen LogP contribution is -2.50.